The van der Waals surface area contributed by atoms with Crippen molar-refractivity contribution in [1.82, 2.24) is 14.9 Å². The summed E-state index contributed by atoms with van der Waals surface area (Å²) in [5, 5.41) is 2.97. The highest BCUT2D eigenvalue weighted by molar-refractivity contribution is 5.31. The second kappa shape index (κ2) is 6.36. The van der Waals surface area contributed by atoms with Crippen LogP contribution in [0.3, 0.4) is 0 Å². The third-order valence-corrected chi connectivity index (χ3v) is 4.02. The minimum absolute atomic E-state index is 0.0865. The van der Waals surface area contributed by atoms with Crippen LogP contribution in [0.4, 0.5) is 14.6 Å². The average molecular weight is 304 g/mol. The van der Waals surface area contributed by atoms with Crippen molar-refractivity contribution in [3.63, 3.8) is 0 Å². The molecule has 1 aliphatic heterocycles. The fourth-order valence-electron chi connectivity index (χ4n) is 2.90. The summed E-state index contributed by atoms with van der Waals surface area (Å²) >= 11 is 0. The number of rotatable bonds is 4. The summed E-state index contributed by atoms with van der Waals surface area (Å²) in [4.78, 5) is 10.8. The van der Waals surface area contributed by atoms with Crippen LogP contribution in [0.25, 0.3) is 0 Å². The van der Waals surface area contributed by atoms with Crippen LogP contribution in [-0.2, 0) is 6.54 Å². The van der Waals surface area contributed by atoms with Gasteiger partial charge < -0.3 is 5.32 Å². The standard InChI is InChI=1S/C16H18F2N4/c1-19-15-9-20-8-13(21-15)14-6-3-7-22(14)10-11-4-2-5-12(17)16(11)18/h2,4-5,8-9,14H,3,6-7,10H2,1H3,(H,19,21)/t14-/m1/s1. The van der Waals surface area contributed by atoms with Crippen LogP contribution < -0.4 is 5.32 Å². The number of aromatic nitrogens is 2. The van der Waals surface area contributed by atoms with Crippen molar-refractivity contribution in [3.05, 3.63) is 53.5 Å². The molecule has 0 bridgehead atoms. The van der Waals surface area contributed by atoms with Gasteiger partial charge >= 0.3 is 0 Å². The molecule has 22 heavy (non-hydrogen) atoms. The van der Waals surface area contributed by atoms with Gasteiger partial charge in [-0.15, -0.1) is 0 Å². The van der Waals surface area contributed by atoms with Crippen molar-refractivity contribution in [2.45, 2.75) is 25.4 Å². The van der Waals surface area contributed by atoms with Gasteiger partial charge in [0.1, 0.15) is 5.82 Å². The minimum Gasteiger partial charge on any atom is -0.372 e. The number of nitrogens with one attached hydrogen (secondary N) is 1. The Morgan fingerprint density at radius 1 is 1.32 bits per heavy atom. The zero-order valence-corrected chi connectivity index (χ0v) is 12.4. The average Bonchev–Trinajstić information content (AvgIpc) is 3.00. The molecule has 1 aliphatic rings. The lowest BCUT2D eigenvalue weighted by molar-refractivity contribution is 0.239. The van der Waals surface area contributed by atoms with E-state index in [9.17, 15) is 8.78 Å². The summed E-state index contributed by atoms with van der Waals surface area (Å²) < 4.78 is 27.2. The monoisotopic (exact) mass is 304 g/mol. The number of anilines is 1. The lowest BCUT2D eigenvalue weighted by atomic mass is 10.1. The number of halogens is 2. The van der Waals surface area contributed by atoms with Gasteiger partial charge in [0.2, 0.25) is 0 Å². The predicted molar refractivity (Wildman–Crippen MR) is 80.3 cm³/mol. The van der Waals surface area contributed by atoms with Crippen LogP contribution in [0.5, 0.6) is 0 Å². The van der Waals surface area contributed by atoms with E-state index in [-0.39, 0.29) is 6.04 Å². The Morgan fingerprint density at radius 3 is 3.00 bits per heavy atom. The summed E-state index contributed by atoms with van der Waals surface area (Å²) in [5.74, 6) is -0.852. The molecular formula is C16H18F2N4. The molecule has 0 spiro atoms. The molecule has 6 heteroatoms. The molecule has 1 aromatic heterocycles. The largest absolute Gasteiger partial charge is 0.372 e. The van der Waals surface area contributed by atoms with Gasteiger partial charge in [-0.05, 0) is 25.5 Å². The zero-order valence-electron chi connectivity index (χ0n) is 12.4. The van der Waals surface area contributed by atoms with Crippen molar-refractivity contribution in [2.75, 3.05) is 18.9 Å². The molecule has 1 aromatic carbocycles. The molecule has 1 saturated heterocycles. The first-order chi connectivity index (χ1) is 10.7. The highest BCUT2D eigenvalue weighted by Gasteiger charge is 2.28. The van der Waals surface area contributed by atoms with Crippen LogP contribution >= 0.6 is 0 Å². The predicted octanol–water partition coefficient (Wildman–Crippen LogP) is 3.13. The number of hydrogen-bond donors (Lipinski definition) is 1. The van der Waals surface area contributed by atoms with E-state index < -0.39 is 11.6 Å². The van der Waals surface area contributed by atoms with Crippen molar-refractivity contribution in [2.24, 2.45) is 0 Å². The van der Waals surface area contributed by atoms with Gasteiger partial charge in [-0.2, -0.15) is 0 Å². The molecule has 0 aliphatic carbocycles. The number of likely N-dealkylation sites (tertiary alicyclic amines) is 1. The third kappa shape index (κ3) is 2.92. The molecule has 3 rings (SSSR count). The van der Waals surface area contributed by atoms with Crippen LogP contribution in [-0.4, -0.2) is 28.5 Å². The quantitative estimate of drug-likeness (QED) is 0.942. The van der Waals surface area contributed by atoms with E-state index in [1.54, 1.807) is 31.6 Å². The molecule has 116 valence electrons. The van der Waals surface area contributed by atoms with Crippen molar-refractivity contribution in [3.8, 4) is 0 Å². The second-order valence-electron chi connectivity index (χ2n) is 5.42. The van der Waals surface area contributed by atoms with E-state index in [1.807, 2.05) is 0 Å². The maximum Gasteiger partial charge on any atom is 0.163 e. The van der Waals surface area contributed by atoms with E-state index in [4.69, 9.17) is 0 Å². The van der Waals surface area contributed by atoms with Gasteiger partial charge in [0.05, 0.1) is 24.1 Å². The molecule has 1 fully saturated rings. The first-order valence-electron chi connectivity index (χ1n) is 7.35. The first-order valence-corrected chi connectivity index (χ1v) is 7.35. The third-order valence-electron chi connectivity index (χ3n) is 4.02. The summed E-state index contributed by atoms with van der Waals surface area (Å²) in [7, 11) is 1.79. The molecule has 4 nitrogen and oxygen atoms in total. The van der Waals surface area contributed by atoms with Gasteiger partial charge in [-0.3, -0.25) is 9.88 Å². The van der Waals surface area contributed by atoms with Crippen LogP contribution in [0.15, 0.2) is 30.6 Å². The fraction of sp³-hybridized carbons (Fsp3) is 0.375. The Labute approximate surface area is 128 Å². The fourth-order valence-corrected chi connectivity index (χ4v) is 2.90. The lowest BCUT2D eigenvalue weighted by Gasteiger charge is -2.24. The molecule has 2 aromatic rings. The van der Waals surface area contributed by atoms with E-state index in [2.05, 4.69) is 20.2 Å². The van der Waals surface area contributed by atoms with Crippen molar-refractivity contribution in [1.29, 1.82) is 0 Å². The van der Waals surface area contributed by atoms with Crippen molar-refractivity contribution >= 4 is 5.82 Å². The van der Waals surface area contributed by atoms with E-state index >= 15 is 0 Å². The van der Waals surface area contributed by atoms with Gasteiger partial charge in [0.25, 0.3) is 0 Å². The topological polar surface area (TPSA) is 41.1 Å². The van der Waals surface area contributed by atoms with E-state index in [1.165, 1.54) is 0 Å². The minimum atomic E-state index is -0.801. The van der Waals surface area contributed by atoms with Crippen molar-refractivity contribution < 1.29 is 8.78 Å². The van der Waals surface area contributed by atoms with Crippen LogP contribution in [0.1, 0.15) is 30.1 Å². The number of nitrogens with zero attached hydrogens (tertiary/aromatic N) is 3. The summed E-state index contributed by atoms with van der Waals surface area (Å²) in [6.45, 7) is 1.21. The Kier molecular flexibility index (Phi) is 4.29. The Bertz CT molecular complexity index is 662. The second-order valence-corrected chi connectivity index (χ2v) is 5.42. The van der Waals surface area contributed by atoms with Gasteiger partial charge in [-0.1, -0.05) is 12.1 Å². The zero-order chi connectivity index (χ0) is 15.5. The molecule has 0 radical (unpaired) electrons. The molecule has 1 atom stereocenters. The van der Waals surface area contributed by atoms with Crippen LogP contribution in [0, 0.1) is 11.6 Å². The maximum absolute atomic E-state index is 13.9. The Morgan fingerprint density at radius 2 is 2.18 bits per heavy atom. The molecule has 0 unspecified atom stereocenters. The summed E-state index contributed by atoms with van der Waals surface area (Å²) in [5.41, 5.74) is 1.24. The normalized spacial score (nSPS) is 18.6. The molecule has 0 amide bonds. The van der Waals surface area contributed by atoms with E-state index in [0.29, 0.717) is 17.9 Å². The number of hydrogen-bond acceptors (Lipinski definition) is 4. The first kappa shape index (κ1) is 14.8. The van der Waals surface area contributed by atoms with E-state index in [0.717, 1.165) is 31.1 Å². The maximum atomic E-state index is 13.9. The van der Waals surface area contributed by atoms with Gasteiger partial charge in [0.15, 0.2) is 11.6 Å². The highest BCUT2D eigenvalue weighted by atomic mass is 19.2. The smallest absolute Gasteiger partial charge is 0.163 e. The number of benzene rings is 1. The highest BCUT2D eigenvalue weighted by Crippen LogP contribution is 2.32. The summed E-state index contributed by atoms with van der Waals surface area (Å²) in [6.07, 6.45) is 5.35. The van der Waals surface area contributed by atoms with Crippen LogP contribution in [0.2, 0.25) is 0 Å². The lowest BCUT2D eigenvalue weighted by Crippen LogP contribution is -2.24. The SMILES string of the molecule is CNc1cncc([C@H]2CCCN2Cc2cccc(F)c2F)n1. The summed E-state index contributed by atoms with van der Waals surface area (Å²) in [6, 6.07) is 4.40. The molecule has 1 N–H and O–H groups in total. The molecule has 2 heterocycles. The van der Waals surface area contributed by atoms with Gasteiger partial charge in [0, 0.05) is 19.2 Å². The molecule has 0 saturated carbocycles. The Balaban J connectivity index is 1.82. The Hall–Kier alpha value is -2.08. The molecular weight excluding hydrogens is 286 g/mol. The van der Waals surface area contributed by atoms with Gasteiger partial charge in [-0.25, -0.2) is 13.8 Å².